The Bertz CT molecular complexity index is 439. The van der Waals surface area contributed by atoms with E-state index in [2.05, 4.69) is 21.8 Å². The van der Waals surface area contributed by atoms with Crippen molar-refractivity contribution in [3.8, 4) is 0 Å². The highest BCUT2D eigenvalue weighted by molar-refractivity contribution is 5.37. The summed E-state index contributed by atoms with van der Waals surface area (Å²) in [4.78, 5) is 7.32. The van der Waals surface area contributed by atoms with Crippen LogP contribution in [0.5, 0.6) is 0 Å². The molecular weight excluding hydrogens is 238 g/mol. The minimum atomic E-state index is 0.584. The van der Waals surface area contributed by atoms with E-state index < -0.39 is 0 Å². The molecular formula is C14H25N5. The molecule has 0 aliphatic carbocycles. The van der Waals surface area contributed by atoms with E-state index in [-0.39, 0.29) is 0 Å². The molecule has 1 aromatic rings. The quantitative estimate of drug-likeness (QED) is 0.854. The van der Waals surface area contributed by atoms with Crippen molar-refractivity contribution in [2.24, 2.45) is 5.73 Å². The molecule has 0 aromatic carbocycles. The molecule has 0 radical (unpaired) electrons. The third-order valence-electron chi connectivity index (χ3n) is 4.34. The summed E-state index contributed by atoms with van der Waals surface area (Å²) in [7, 11) is 2.21. The summed E-state index contributed by atoms with van der Waals surface area (Å²) in [6.07, 6.45) is 4.67. The van der Waals surface area contributed by atoms with Crippen LogP contribution in [0.25, 0.3) is 0 Å². The van der Waals surface area contributed by atoms with Crippen LogP contribution in [0.3, 0.4) is 0 Å². The summed E-state index contributed by atoms with van der Waals surface area (Å²) in [6.45, 7) is 5.19. The van der Waals surface area contributed by atoms with Gasteiger partial charge in [-0.3, -0.25) is 0 Å². The van der Waals surface area contributed by atoms with Gasteiger partial charge in [0.2, 0.25) is 5.95 Å². The molecule has 0 saturated carbocycles. The highest BCUT2D eigenvalue weighted by Gasteiger charge is 2.27. The lowest BCUT2D eigenvalue weighted by molar-refractivity contribution is 0.248. The maximum absolute atomic E-state index is 5.81. The molecule has 106 valence electrons. The normalized spacial score (nSPS) is 24.0. The van der Waals surface area contributed by atoms with Crippen molar-refractivity contribution in [1.82, 2.24) is 14.5 Å². The molecule has 2 aliphatic heterocycles. The number of imidazole rings is 1. The van der Waals surface area contributed by atoms with E-state index in [0.29, 0.717) is 12.5 Å². The first kappa shape index (κ1) is 12.9. The number of rotatable bonds is 3. The van der Waals surface area contributed by atoms with E-state index in [0.717, 1.165) is 32.0 Å². The Hall–Kier alpha value is -1.07. The predicted octanol–water partition coefficient (Wildman–Crippen LogP) is 1.01. The van der Waals surface area contributed by atoms with Crippen LogP contribution in [0.1, 0.15) is 36.6 Å². The summed E-state index contributed by atoms with van der Waals surface area (Å²) < 4.78 is 2.36. The summed E-state index contributed by atoms with van der Waals surface area (Å²) in [5, 5.41) is 3.43. The average molecular weight is 263 g/mol. The zero-order valence-corrected chi connectivity index (χ0v) is 11.9. The molecule has 3 heterocycles. The monoisotopic (exact) mass is 263 g/mol. The van der Waals surface area contributed by atoms with Crippen LogP contribution in [-0.2, 0) is 13.0 Å². The minimum absolute atomic E-state index is 0.584. The van der Waals surface area contributed by atoms with Crippen molar-refractivity contribution < 1.29 is 0 Å². The minimum Gasteiger partial charge on any atom is -0.356 e. The number of nitrogens with two attached hydrogens (primary N) is 1. The molecule has 1 fully saturated rings. The number of hydrogen-bond donors (Lipinski definition) is 2. The maximum atomic E-state index is 5.81. The molecule has 5 heteroatoms. The van der Waals surface area contributed by atoms with Gasteiger partial charge in [-0.25, -0.2) is 4.98 Å². The van der Waals surface area contributed by atoms with Gasteiger partial charge in [-0.05, 0) is 39.4 Å². The lowest BCUT2D eigenvalue weighted by Crippen LogP contribution is -2.31. The van der Waals surface area contributed by atoms with E-state index in [1.807, 2.05) is 0 Å². The largest absolute Gasteiger partial charge is 0.356 e. The second-order valence-electron chi connectivity index (χ2n) is 5.84. The van der Waals surface area contributed by atoms with Crippen molar-refractivity contribution in [3.63, 3.8) is 0 Å². The Morgan fingerprint density at radius 1 is 1.37 bits per heavy atom. The Balaban J connectivity index is 1.92. The zero-order chi connectivity index (χ0) is 13.2. The molecule has 1 atom stereocenters. The molecule has 5 nitrogen and oxygen atoms in total. The Morgan fingerprint density at radius 2 is 2.26 bits per heavy atom. The fraction of sp³-hybridized carbons (Fsp3) is 0.786. The van der Waals surface area contributed by atoms with E-state index in [4.69, 9.17) is 10.7 Å². The number of likely N-dealkylation sites (N-methyl/N-ethyl adjacent to an activating group) is 1. The SMILES string of the molecule is CN1CCCC(c2nc3n(c2CCN)CCCN3)C1. The number of anilines is 1. The van der Waals surface area contributed by atoms with Crippen LogP contribution in [-0.4, -0.2) is 47.7 Å². The number of nitrogens with one attached hydrogen (secondary N) is 1. The average Bonchev–Trinajstić information content (AvgIpc) is 2.79. The molecule has 3 N–H and O–H groups in total. The van der Waals surface area contributed by atoms with Crippen LogP contribution in [0.2, 0.25) is 0 Å². The van der Waals surface area contributed by atoms with Crippen molar-refractivity contribution in [3.05, 3.63) is 11.4 Å². The molecule has 0 spiro atoms. The van der Waals surface area contributed by atoms with E-state index in [1.54, 1.807) is 0 Å². The van der Waals surface area contributed by atoms with Crippen LogP contribution < -0.4 is 11.1 Å². The Kier molecular flexibility index (Phi) is 3.75. The van der Waals surface area contributed by atoms with E-state index >= 15 is 0 Å². The first-order valence-corrected chi connectivity index (χ1v) is 7.51. The molecule has 3 rings (SSSR count). The van der Waals surface area contributed by atoms with Gasteiger partial charge >= 0.3 is 0 Å². The van der Waals surface area contributed by atoms with Gasteiger partial charge in [-0.15, -0.1) is 0 Å². The lowest BCUT2D eigenvalue weighted by Gasteiger charge is -2.29. The summed E-state index contributed by atoms with van der Waals surface area (Å²) in [5.74, 6) is 1.65. The molecule has 1 saturated heterocycles. The second-order valence-corrected chi connectivity index (χ2v) is 5.84. The Morgan fingerprint density at radius 3 is 3.05 bits per heavy atom. The van der Waals surface area contributed by atoms with E-state index in [9.17, 15) is 0 Å². The van der Waals surface area contributed by atoms with Crippen LogP contribution >= 0.6 is 0 Å². The first-order chi connectivity index (χ1) is 9.29. The van der Waals surface area contributed by atoms with Crippen molar-refractivity contribution >= 4 is 5.95 Å². The van der Waals surface area contributed by atoms with Gasteiger partial charge in [0.05, 0.1) is 5.69 Å². The van der Waals surface area contributed by atoms with Crippen LogP contribution in [0.4, 0.5) is 5.95 Å². The summed E-state index contributed by atoms with van der Waals surface area (Å²) in [6, 6.07) is 0. The number of piperidine rings is 1. The topological polar surface area (TPSA) is 59.1 Å². The highest BCUT2D eigenvalue weighted by Crippen LogP contribution is 2.31. The maximum Gasteiger partial charge on any atom is 0.203 e. The fourth-order valence-electron chi connectivity index (χ4n) is 3.43. The second kappa shape index (κ2) is 5.51. The molecule has 1 unspecified atom stereocenters. The molecule has 0 amide bonds. The number of aromatic nitrogens is 2. The number of fused-ring (bicyclic) bond motifs is 1. The van der Waals surface area contributed by atoms with Gasteiger partial charge in [0, 0.05) is 37.7 Å². The summed E-state index contributed by atoms with van der Waals surface area (Å²) >= 11 is 0. The molecule has 1 aromatic heterocycles. The number of hydrogen-bond acceptors (Lipinski definition) is 4. The highest BCUT2D eigenvalue weighted by atomic mass is 15.2. The van der Waals surface area contributed by atoms with Gasteiger partial charge in [0.1, 0.15) is 0 Å². The van der Waals surface area contributed by atoms with Gasteiger partial charge < -0.3 is 20.5 Å². The third-order valence-corrected chi connectivity index (χ3v) is 4.34. The van der Waals surface area contributed by atoms with Gasteiger partial charge in [0.25, 0.3) is 0 Å². The fourth-order valence-corrected chi connectivity index (χ4v) is 3.43. The van der Waals surface area contributed by atoms with Gasteiger partial charge in [-0.2, -0.15) is 0 Å². The third kappa shape index (κ3) is 2.49. The molecule has 2 aliphatic rings. The lowest BCUT2D eigenvalue weighted by atomic mass is 9.93. The van der Waals surface area contributed by atoms with Crippen molar-refractivity contribution in [1.29, 1.82) is 0 Å². The van der Waals surface area contributed by atoms with Crippen LogP contribution in [0, 0.1) is 0 Å². The molecule has 19 heavy (non-hydrogen) atoms. The molecule has 0 bridgehead atoms. The Labute approximate surface area is 115 Å². The predicted molar refractivity (Wildman–Crippen MR) is 77.6 cm³/mol. The summed E-state index contributed by atoms with van der Waals surface area (Å²) in [5.41, 5.74) is 8.49. The first-order valence-electron chi connectivity index (χ1n) is 7.51. The standard InChI is InChI=1S/C14H25N5/c1-18-8-2-4-11(10-18)13-12(5-6-15)19-9-3-7-16-14(19)17-13/h11H,2-10,15H2,1H3,(H,16,17). The number of nitrogens with zero attached hydrogens (tertiary/aromatic N) is 3. The smallest absolute Gasteiger partial charge is 0.203 e. The number of likely N-dealkylation sites (tertiary alicyclic amines) is 1. The van der Waals surface area contributed by atoms with Crippen molar-refractivity contribution in [2.45, 2.75) is 38.1 Å². The van der Waals surface area contributed by atoms with Gasteiger partial charge in [-0.1, -0.05) is 0 Å². The zero-order valence-electron chi connectivity index (χ0n) is 11.9. The van der Waals surface area contributed by atoms with Crippen LogP contribution in [0.15, 0.2) is 0 Å². The van der Waals surface area contributed by atoms with Gasteiger partial charge in [0.15, 0.2) is 0 Å². The van der Waals surface area contributed by atoms with Crippen molar-refractivity contribution in [2.75, 3.05) is 38.5 Å². The van der Waals surface area contributed by atoms with E-state index in [1.165, 1.54) is 37.2 Å².